The van der Waals surface area contributed by atoms with Gasteiger partial charge in [0.05, 0.1) is 48.8 Å². The van der Waals surface area contributed by atoms with E-state index in [1.54, 1.807) is 46.9 Å². The number of carbonyl (C=O) groups is 4. The van der Waals surface area contributed by atoms with Crippen molar-refractivity contribution in [3.63, 3.8) is 0 Å². The Kier molecular flexibility index (Phi) is 15.6. The Morgan fingerprint density at radius 2 is 0.969 bits per heavy atom. The van der Waals surface area contributed by atoms with Gasteiger partial charge >= 0.3 is 11.9 Å². The normalized spacial score (nSPS) is 15.9. The van der Waals surface area contributed by atoms with Crippen LogP contribution in [0.4, 0.5) is 0 Å². The van der Waals surface area contributed by atoms with E-state index >= 15 is 0 Å². The van der Waals surface area contributed by atoms with Gasteiger partial charge in [0, 0.05) is 34.0 Å². The van der Waals surface area contributed by atoms with Gasteiger partial charge in [-0.3, -0.25) is 9.59 Å². The lowest BCUT2D eigenvalue weighted by molar-refractivity contribution is -0.138. The van der Waals surface area contributed by atoms with E-state index in [9.17, 15) is 19.2 Å². The topological polar surface area (TPSA) is 137 Å². The molecule has 0 spiro atoms. The highest BCUT2D eigenvalue weighted by Gasteiger charge is 2.33. The van der Waals surface area contributed by atoms with E-state index in [1.165, 1.54) is 14.2 Å². The van der Waals surface area contributed by atoms with Gasteiger partial charge in [0.25, 0.3) is 11.8 Å². The molecule has 8 rings (SSSR count). The molecule has 2 aliphatic rings. The lowest BCUT2D eigenvalue weighted by Crippen LogP contribution is -2.41. The van der Waals surface area contributed by atoms with Gasteiger partial charge in [0.15, 0.2) is 13.2 Å². The van der Waals surface area contributed by atoms with E-state index in [0.717, 1.165) is 80.8 Å². The number of esters is 2. The van der Waals surface area contributed by atoms with Crippen molar-refractivity contribution < 1.29 is 38.1 Å². The third kappa shape index (κ3) is 11.2. The number of rotatable bonds is 12. The summed E-state index contributed by atoms with van der Waals surface area (Å²) in [5, 5.41) is 1.85. The summed E-state index contributed by atoms with van der Waals surface area (Å²) in [5.74, 6) is 0.575. The van der Waals surface area contributed by atoms with Crippen LogP contribution in [0, 0.1) is 13.8 Å². The van der Waals surface area contributed by atoms with Crippen molar-refractivity contribution in [3.8, 4) is 34.0 Å². The van der Waals surface area contributed by atoms with Crippen LogP contribution < -0.4 is 9.47 Å². The van der Waals surface area contributed by atoms with Crippen molar-refractivity contribution in [1.29, 1.82) is 0 Å². The van der Waals surface area contributed by atoms with Crippen LogP contribution in [0.25, 0.3) is 22.5 Å². The van der Waals surface area contributed by atoms with Crippen LogP contribution in [-0.4, -0.2) is 84.0 Å². The van der Waals surface area contributed by atoms with Gasteiger partial charge in [-0.25, -0.2) is 19.6 Å². The van der Waals surface area contributed by atoms with Gasteiger partial charge in [-0.15, -0.1) is 22.7 Å². The van der Waals surface area contributed by atoms with Crippen LogP contribution in [0.1, 0.15) is 91.1 Å². The van der Waals surface area contributed by atoms with Gasteiger partial charge in [-0.1, -0.05) is 60.7 Å². The third-order valence-electron chi connectivity index (χ3n) is 11.2. The quantitative estimate of drug-likeness (QED) is 0.109. The Hall–Kier alpha value is -6.38. The highest BCUT2D eigenvalue weighted by atomic mass is 32.1. The summed E-state index contributed by atoms with van der Waals surface area (Å²) in [6.07, 6.45) is 5.83. The minimum absolute atomic E-state index is 0.0128. The fourth-order valence-corrected chi connectivity index (χ4v) is 10.1. The molecule has 2 atom stereocenters. The summed E-state index contributed by atoms with van der Waals surface area (Å²) < 4.78 is 21.1. The highest BCUT2D eigenvalue weighted by Crippen LogP contribution is 2.39. The molecule has 14 heteroatoms. The number of thiazole rings is 2. The standard InChI is InChI=1S/2C25H26N2O4S/c2*1-17-23(18-9-8-10-19(15-18)25(29)30-2)26-24(32-17)21-13-6-7-14-27(21)22(28)16-31-20-11-4-3-5-12-20/h2*3-5,8-12,15,21H,6-7,13-14,16H2,1-2H3/t2*21-/m11/s1. The lowest BCUT2D eigenvalue weighted by atomic mass is 10.0. The van der Waals surface area contributed by atoms with Crippen molar-refractivity contribution in [1.82, 2.24) is 19.8 Å². The van der Waals surface area contributed by atoms with Crippen LogP contribution in [0.5, 0.6) is 11.5 Å². The van der Waals surface area contributed by atoms with Gasteiger partial charge < -0.3 is 28.7 Å². The maximum absolute atomic E-state index is 13.0. The zero-order valence-electron chi connectivity index (χ0n) is 36.5. The minimum atomic E-state index is -0.373. The molecule has 6 aromatic rings. The molecule has 64 heavy (non-hydrogen) atoms. The SMILES string of the molecule is COC(=O)c1cccc(-c2nc([C@H]3CCCCN3C(=O)COc3ccccc3)sc2C)c1.COC(=O)c1cccc(-c2nc([C@H]3CCCCN3C(=O)COc3ccccc3)sc2C)c1. The summed E-state index contributed by atoms with van der Waals surface area (Å²) in [7, 11) is 2.74. The number of hydrogen-bond acceptors (Lipinski definition) is 12. The molecule has 0 unspecified atom stereocenters. The van der Waals surface area contributed by atoms with Crippen LogP contribution in [0.15, 0.2) is 109 Å². The van der Waals surface area contributed by atoms with E-state index in [4.69, 9.17) is 28.9 Å². The first kappa shape index (κ1) is 45.6. The Balaban J connectivity index is 0.000000191. The average Bonchev–Trinajstić information content (AvgIpc) is 3.94. The fraction of sp³-hybridized carbons (Fsp3) is 0.320. The Bertz CT molecular complexity index is 2370. The predicted molar refractivity (Wildman–Crippen MR) is 248 cm³/mol. The monoisotopic (exact) mass is 900 g/mol. The number of para-hydroxylation sites is 2. The van der Waals surface area contributed by atoms with Crippen molar-refractivity contribution in [2.75, 3.05) is 40.5 Å². The number of ether oxygens (including phenoxy) is 4. The number of aryl methyl sites for hydroxylation is 2. The van der Waals surface area contributed by atoms with Crippen LogP contribution >= 0.6 is 22.7 Å². The number of aromatic nitrogens is 2. The van der Waals surface area contributed by atoms with Gasteiger partial charge in [-0.2, -0.15) is 0 Å². The molecular formula is C50H52N4O8S2. The lowest BCUT2D eigenvalue weighted by Gasteiger charge is -2.34. The fourth-order valence-electron chi connectivity index (χ4n) is 7.94. The van der Waals surface area contributed by atoms with E-state index in [1.807, 2.05) is 109 Å². The second kappa shape index (κ2) is 21.8. The zero-order valence-corrected chi connectivity index (χ0v) is 38.1. The van der Waals surface area contributed by atoms with Gasteiger partial charge in [0.1, 0.15) is 21.5 Å². The zero-order chi connectivity index (χ0) is 45.0. The van der Waals surface area contributed by atoms with Gasteiger partial charge in [-0.05, 0) is 101 Å². The Labute approximate surface area is 381 Å². The first-order valence-corrected chi connectivity index (χ1v) is 23.0. The summed E-state index contributed by atoms with van der Waals surface area (Å²) in [5.41, 5.74) is 4.41. The number of carbonyl (C=O) groups excluding carboxylic acids is 4. The molecule has 4 heterocycles. The second-order valence-electron chi connectivity index (χ2n) is 15.5. The molecule has 2 aromatic heterocycles. The largest absolute Gasteiger partial charge is 0.484 e. The number of benzene rings is 4. The molecule has 2 amide bonds. The number of hydrogen-bond donors (Lipinski definition) is 0. The number of nitrogens with zero attached hydrogens (tertiary/aromatic N) is 4. The van der Waals surface area contributed by atoms with Crippen molar-refractivity contribution in [2.45, 2.75) is 64.5 Å². The summed E-state index contributed by atoms with van der Waals surface area (Å²) in [6, 6.07) is 33.3. The van der Waals surface area contributed by atoms with Crippen molar-refractivity contribution >= 4 is 46.4 Å². The molecule has 2 aliphatic heterocycles. The second-order valence-corrected chi connectivity index (χ2v) is 17.9. The molecule has 332 valence electrons. The highest BCUT2D eigenvalue weighted by molar-refractivity contribution is 7.12. The smallest absolute Gasteiger partial charge is 0.337 e. The number of piperidine rings is 2. The molecule has 0 N–H and O–H groups in total. The first-order valence-electron chi connectivity index (χ1n) is 21.4. The van der Waals surface area contributed by atoms with E-state index in [0.29, 0.717) is 35.7 Å². The third-order valence-corrected chi connectivity index (χ3v) is 13.3. The predicted octanol–water partition coefficient (Wildman–Crippen LogP) is 10.1. The first-order chi connectivity index (χ1) is 31.1. The molecule has 12 nitrogen and oxygen atoms in total. The average molecular weight is 901 g/mol. The molecule has 0 aliphatic carbocycles. The summed E-state index contributed by atoms with van der Waals surface area (Å²) in [4.78, 5) is 65.6. The number of methoxy groups -OCH3 is 2. The molecule has 0 bridgehead atoms. The number of amides is 2. The van der Waals surface area contributed by atoms with Crippen LogP contribution in [-0.2, 0) is 19.1 Å². The number of likely N-dealkylation sites (tertiary alicyclic amines) is 2. The minimum Gasteiger partial charge on any atom is -0.484 e. The van der Waals surface area contributed by atoms with Crippen LogP contribution in [0.2, 0.25) is 0 Å². The molecule has 2 saturated heterocycles. The van der Waals surface area contributed by atoms with Crippen LogP contribution in [0.3, 0.4) is 0 Å². The Morgan fingerprint density at radius 3 is 1.36 bits per heavy atom. The van der Waals surface area contributed by atoms with Gasteiger partial charge in [0.2, 0.25) is 0 Å². The molecule has 2 fully saturated rings. The molecular weight excluding hydrogens is 849 g/mol. The maximum Gasteiger partial charge on any atom is 0.337 e. The molecule has 4 aromatic carbocycles. The maximum atomic E-state index is 13.0. The van der Waals surface area contributed by atoms with E-state index in [2.05, 4.69) is 0 Å². The van der Waals surface area contributed by atoms with E-state index in [-0.39, 0.29) is 49.1 Å². The molecule has 0 radical (unpaired) electrons. The summed E-state index contributed by atoms with van der Waals surface area (Å²) >= 11 is 3.22. The van der Waals surface area contributed by atoms with Crippen molar-refractivity contribution in [3.05, 3.63) is 140 Å². The summed E-state index contributed by atoms with van der Waals surface area (Å²) in [6.45, 7) is 5.47. The molecule has 0 saturated carbocycles. The Morgan fingerprint density at radius 1 is 0.562 bits per heavy atom. The van der Waals surface area contributed by atoms with E-state index < -0.39 is 0 Å². The van der Waals surface area contributed by atoms with Crippen molar-refractivity contribution in [2.24, 2.45) is 0 Å².